The number of carbonyl (C=O) groups is 1. The van der Waals surface area contributed by atoms with Crippen LogP contribution in [0.1, 0.15) is 18.4 Å². The topological polar surface area (TPSA) is 92.9 Å². The van der Waals surface area contributed by atoms with E-state index in [1.165, 1.54) is 6.08 Å². The standard InChI is InChI=1S/C22H22N2O6/c1-4-28-17-9-5-15(6-10-17)7-12-21(25)29-14-20-23-22(24-30-20)16-8-11-18(26-2)19(13-16)27-3/h5-13H,4,14H2,1-3H3/b12-7+. The zero-order chi connectivity index (χ0) is 21.3. The summed E-state index contributed by atoms with van der Waals surface area (Å²) < 4.78 is 26.2. The van der Waals surface area contributed by atoms with Gasteiger partial charge in [0.2, 0.25) is 5.82 Å². The molecule has 0 aliphatic heterocycles. The second-order valence-electron chi connectivity index (χ2n) is 6.02. The van der Waals surface area contributed by atoms with Gasteiger partial charge in [-0.15, -0.1) is 0 Å². The van der Waals surface area contributed by atoms with E-state index in [0.717, 1.165) is 11.3 Å². The Kier molecular flexibility index (Phi) is 7.05. The molecule has 0 bridgehead atoms. The smallest absolute Gasteiger partial charge is 0.331 e. The maximum Gasteiger partial charge on any atom is 0.331 e. The van der Waals surface area contributed by atoms with Crippen LogP contribution in [-0.4, -0.2) is 36.9 Å². The largest absolute Gasteiger partial charge is 0.494 e. The number of nitrogens with zero attached hydrogens (tertiary/aromatic N) is 2. The third-order valence-corrected chi connectivity index (χ3v) is 4.05. The second kappa shape index (κ2) is 10.1. The van der Waals surface area contributed by atoms with Gasteiger partial charge in [0.15, 0.2) is 18.1 Å². The summed E-state index contributed by atoms with van der Waals surface area (Å²) in [6, 6.07) is 12.6. The number of carbonyl (C=O) groups excluding carboxylic acids is 1. The summed E-state index contributed by atoms with van der Waals surface area (Å²) in [6.45, 7) is 2.39. The molecule has 0 saturated heterocycles. The van der Waals surface area contributed by atoms with Crippen LogP contribution in [0.5, 0.6) is 17.2 Å². The lowest BCUT2D eigenvalue weighted by atomic mass is 10.2. The van der Waals surface area contributed by atoms with E-state index < -0.39 is 5.97 Å². The summed E-state index contributed by atoms with van der Waals surface area (Å²) in [5.41, 5.74) is 1.54. The number of methoxy groups -OCH3 is 2. The summed E-state index contributed by atoms with van der Waals surface area (Å²) in [4.78, 5) is 16.2. The number of aromatic nitrogens is 2. The van der Waals surface area contributed by atoms with Crippen molar-refractivity contribution in [3.8, 4) is 28.6 Å². The molecule has 8 heteroatoms. The molecule has 3 aromatic rings. The molecule has 1 heterocycles. The van der Waals surface area contributed by atoms with Gasteiger partial charge in [0.25, 0.3) is 5.89 Å². The minimum absolute atomic E-state index is 0.132. The number of esters is 1. The quantitative estimate of drug-likeness (QED) is 0.387. The van der Waals surface area contributed by atoms with E-state index in [-0.39, 0.29) is 12.5 Å². The average molecular weight is 410 g/mol. The minimum Gasteiger partial charge on any atom is -0.494 e. The molecule has 0 amide bonds. The van der Waals surface area contributed by atoms with Crippen molar-refractivity contribution in [1.29, 1.82) is 0 Å². The third kappa shape index (κ3) is 5.38. The summed E-state index contributed by atoms with van der Waals surface area (Å²) in [6.07, 6.45) is 2.99. The van der Waals surface area contributed by atoms with Crippen LogP contribution in [0.4, 0.5) is 0 Å². The number of hydrogen-bond acceptors (Lipinski definition) is 8. The van der Waals surface area contributed by atoms with Gasteiger partial charge in [-0.05, 0) is 48.9 Å². The summed E-state index contributed by atoms with van der Waals surface area (Å²) in [7, 11) is 3.10. The summed E-state index contributed by atoms with van der Waals surface area (Å²) >= 11 is 0. The second-order valence-corrected chi connectivity index (χ2v) is 6.02. The molecule has 0 spiro atoms. The van der Waals surface area contributed by atoms with Crippen molar-refractivity contribution in [1.82, 2.24) is 10.1 Å². The molecule has 0 N–H and O–H groups in total. The van der Waals surface area contributed by atoms with Gasteiger partial charge in [0.05, 0.1) is 20.8 Å². The van der Waals surface area contributed by atoms with Crippen molar-refractivity contribution in [3.63, 3.8) is 0 Å². The first-order chi connectivity index (χ1) is 14.6. The van der Waals surface area contributed by atoms with Crippen LogP contribution in [0.2, 0.25) is 0 Å². The van der Waals surface area contributed by atoms with E-state index >= 15 is 0 Å². The Bertz CT molecular complexity index is 1010. The van der Waals surface area contributed by atoms with Crippen molar-refractivity contribution >= 4 is 12.0 Å². The molecule has 0 saturated carbocycles. The van der Waals surface area contributed by atoms with Crippen molar-refractivity contribution in [2.75, 3.05) is 20.8 Å². The monoisotopic (exact) mass is 410 g/mol. The lowest BCUT2D eigenvalue weighted by Crippen LogP contribution is -2.01. The summed E-state index contributed by atoms with van der Waals surface area (Å²) in [5.74, 6) is 1.94. The highest BCUT2D eigenvalue weighted by Gasteiger charge is 2.13. The van der Waals surface area contributed by atoms with Crippen molar-refractivity contribution in [2.24, 2.45) is 0 Å². The van der Waals surface area contributed by atoms with Crippen LogP contribution in [0.15, 0.2) is 53.1 Å². The lowest BCUT2D eigenvalue weighted by molar-refractivity contribution is -0.139. The fourth-order valence-electron chi connectivity index (χ4n) is 2.59. The molecule has 0 fully saturated rings. The van der Waals surface area contributed by atoms with Crippen molar-refractivity contribution in [2.45, 2.75) is 13.5 Å². The highest BCUT2D eigenvalue weighted by atomic mass is 16.6. The normalized spacial score (nSPS) is 10.8. The number of rotatable bonds is 9. The number of benzene rings is 2. The van der Waals surface area contributed by atoms with E-state index in [4.69, 9.17) is 23.5 Å². The molecular formula is C22H22N2O6. The molecule has 8 nitrogen and oxygen atoms in total. The van der Waals surface area contributed by atoms with E-state index in [2.05, 4.69) is 10.1 Å². The van der Waals surface area contributed by atoms with Crippen molar-refractivity contribution in [3.05, 3.63) is 60.0 Å². The molecule has 0 atom stereocenters. The maximum absolute atomic E-state index is 11.9. The molecular weight excluding hydrogens is 388 g/mol. The Morgan fingerprint density at radius 1 is 1.07 bits per heavy atom. The molecule has 0 aliphatic rings. The van der Waals surface area contributed by atoms with Crippen molar-refractivity contribution < 1.29 is 28.3 Å². The van der Waals surface area contributed by atoms with Gasteiger partial charge in [-0.2, -0.15) is 4.98 Å². The lowest BCUT2D eigenvalue weighted by Gasteiger charge is -2.07. The van der Waals surface area contributed by atoms with E-state index in [1.807, 2.05) is 31.2 Å². The van der Waals surface area contributed by atoms with E-state index in [0.29, 0.717) is 29.5 Å². The minimum atomic E-state index is -0.519. The zero-order valence-corrected chi connectivity index (χ0v) is 17.0. The third-order valence-electron chi connectivity index (χ3n) is 4.05. The fraction of sp³-hybridized carbons (Fsp3) is 0.227. The highest BCUT2D eigenvalue weighted by Crippen LogP contribution is 2.31. The van der Waals surface area contributed by atoms with Gasteiger partial charge < -0.3 is 23.5 Å². The van der Waals surface area contributed by atoms with Gasteiger partial charge in [-0.25, -0.2) is 4.79 Å². The predicted molar refractivity (Wildman–Crippen MR) is 109 cm³/mol. The molecule has 30 heavy (non-hydrogen) atoms. The Morgan fingerprint density at radius 2 is 1.83 bits per heavy atom. The summed E-state index contributed by atoms with van der Waals surface area (Å²) in [5, 5.41) is 3.91. The molecule has 0 aliphatic carbocycles. The van der Waals surface area contributed by atoms with Crippen LogP contribution in [0, 0.1) is 0 Å². The van der Waals surface area contributed by atoms with Gasteiger partial charge >= 0.3 is 5.97 Å². The number of ether oxygens (including phenoxy) is 4. The first-order valence-corrected chi connectivity index (χ1v) is 9.25. The molecule has 0 unspecified atom stereocenters. The fourth-order valence-corrected chi connectivity index (χ4v) is 2.59. The Hall–Kier alpha value is -3.81. The van der Waals surface area contributed by atoms with Crippen LogP contribution >= 0.6 is 0 Å². The Balaban J connectivity index is 1.56. The molecule has 2 aromatic carbocycles. The maximum atomic E-state index is 11.9. The molecule has 0 radical (unpaired) electrons. The molecule has 1 aromatic heterocycles. The Labute approximate surface area is 174 Å². The predicted octanol–water partition coefficient (Wildman–Crippen LogP) is 3.91. The first kappa shape index (κ1) is 20.9. The van der Waals surface area contributed by atoms with Crippen LogP contribution < -0.4 is 14.2 Å². The van der Waals surface area contributed by atoms with E-state index in [1.54, 1.807) is 38.5 Å². The van der Waals surface area contributed by atoms with Gasteiger partial charge in [0, 0.05) is 11.6 Å². The highest BCUT2D eigenvalue weighted by molar-refractivity contribution is 5.87. The SMILES string of the molecule is CCOc1ccc(/C=C/C(=O)OCc2nc(-c3ccc(OC)c(OC)c3)no2)cc1. The van der Waals surface area contributed by atoms with Gasteiger partial charge in [-0.1, -0.05) is 17.3 Å². The molecule has 156 valence electrons. The number of hydrogen-bond donors (Lipinski definition) is 0. The average Bonchev–Trinajstić information content (AvgIpc) is 3.26. The van der Waals surface area contributed by atoms with Crippen LogP contribution in [-0.2, 0) is 16.1 Å². The first-order valence-electron chi connectivity index (χ1n) is 9.25. The Morgan fingerprint density at radius 3 is 2.53 bits per heavy atom. The van der Waals surface area contributed by atoms with E-state index in [9.17, 15) is 4.79 Å². The molecule has 3 rings (SSSR count). The van der Waals surface area contributed by atoms with Crippen LogP contribution in [0.3, 0.4) is 0 Å². The van der Waals surface area contributed by atoms with Gasteiger partial charge in [-0.3, -0.25) is 0 Å². The zero-order valence-electron chi connectivity index (χ0n) is 17.0. The van der Waals surface area contributed by atoms with Gasteiger partial charge in [0.1, 0.15) is 5.75 Å². The van der Waals surface area contributed by atoms with Crippen LogP contribution in [0.25, 0.3) is 17.5 Å².